The molecule has 0 aromatic carbocycles. The second kappa shape index (κ2) is 38.5. The van der Waals surface area contributed by atoms with Gasteiger partial charge < -0.3 is 41.5 Å². The van der Waals surface area contributed by atoms with Gasteiger partial charge in [0, 0.05) is 69.7 Å². The number of hydrogen-bond donors (Lipinski definition) is 4. The number of quaternary nitrogens is 3. The molecule has 294 valence electrons. The number of unbranched alkanes of at least 4 members (excludes halogenated alkanes) is 3. The molecule has 0 aliphatic rings. The molecule has 0 aromatic heterocycles. The van der Waals surface area contributed by atoms with E-state index >= 15 is 0 Å². The van der Waals surface area contributed by atoms with Crippen molar-refractivity contribution < 1.29 is 60.1 Å². The molecule has 0 aliphatic heterocycles. The zero-order chi connectivity index (χ0) is 33.6. The van der Waals surface area contributed by atoms with Crippen LogP contribution in [0.15, 0.2) is 0 Å². The highest BCUT2D eigenvalue weighted by atomic mass is 16.5. The van der Waals surface area contributed by atoms with E-state index in [4.69, 9.17) is 14.2 Å². The number of Topliss-reactive ketones (excluding diaryl/α,β-unsaturated/α-hetero) is 3. The lowest BCUT2D eigenvalue weighted by Crippen LogP contribution is -2.51. The lowest BCUT2D eigenvalue weighted by Gasteiger charge is -2.33. The average Bonchev–Trinajstić information content (AvgIpc) is 3.02. The second-order valence-corrected chi connectivity index (χ2v) is 11.7. The highest BCUT2D eigenvalue weighted by Crippen LogP contribution is 2.27. The molecule has 0 heterocycles. The average molecular weight is 712 g/mol. The monoisotopic (exact) mass is 712 g/mol. The van der Waals surface area contributed by atoms with Crippen LogP contribution < -0.4 is 22.5 Å². The summed E-state index contributed by atoms with van der Waals surface area (Å²) in [7, 11) is 1.33. The number of carbonyl (C=O) groups is 5. The van der Waals surface area contributed by atoms with E-state index < -0.39 is 5.41 Å². The van der Waals surface area contributed by atoms with Crippen molar-refractivity contribution in [3.63, 3.8) is 0 Å². The van der Waals surface area contributed by atoms with E-state index in [2.05, 4.69) is 27.3 Å². The van der Waals surface area contributed by atoms with Gasteiger partial charge in [-0.3, -0.25) is 24.0 Å². The van der Waals surface area contributed by atoms with Gasteiger partial charge in [-0.2, -0.15) is 0 Å². The maximum Gasteiger partial charge on any atom is 0.305 e. The zero-order valence-electron chi connectivity index (χ0n) is 28.0. The van der Waals surface area contributed by atoms with Crippen LogP contribution in [0, 0.1) is 5.41 Å². The summed E-state index contributed by atoms with van der Waals surface area (Å²) in [6.45, 7) is 3.77. The van der Waals surface area contributed by atoms with Crippen LogP contribution in [0.1, 0.15) is 126 Å². The predicted octanol–water partition coefficient (Wildman–Crippen LogP) is 2.14. The number of rotatable bonds is 33. The molecule has 0 aliphatic carbocycles. The van der Waals surface area contributed by atoms with Gasteiger partial charge in [0.25, 0.3) is 0 Å². The van der Waals surface area contributed by atoms with Gasteiger partial charge in [-0.25, -0.2) is 0 Å². The van der Waals surface area contributed by atoms with Crippen LogP contribution in [-0.4, -0.2) is 102 Å². The molecule has 13 nitrogen and oxygen atoms in total. The maximum absolute atomic E-state index is 13.2. The van der Waals surface area contributed by atoms with Crippen LogP contribution in [0.25, 0.3) is 0 Å². The minimum absolute atomic E-state index is 0. The van der Waals surface area contributed by atoms with Gasteiger partial charge in [-0.15, -0.1) is 0 Å². The molecule has 0 fully saturated rings. The second-order valence-electron chi connectivity index (χ2n) is 11.7. The van der Waals surface area contributed by atoms with Gasteiger partial charge >= 0.3 is 5.97 Å². The largest absolute Gasteiger partial charge is 0.469 e. The molecule has 1 amide bonds. The van der Waals surface area contributed by atoms with Crippen molar-refractivity contribution in [3.05, 3.63) is 0 Å². The van der Waals surface area contributed by atoms with Crippen molar-refractivity contribution in [3.8, 4) is 0 Å². The van der Waals surface area contributed by atoms with E-state index in [1.165, 1.54) is 7.11 Å². The minimum Gasteiger partial charge on any atom is -0.469 e. The van der Waals surface area contributed by atoms with Crippen LogP contribution in [0.4, 0.5) is 0 Å². The molecule has 0 spiro atoms. The fourth-order valence-corrected chi connectivity index (χ4v) is 4.57. The van der Waals surface area contributed by atoms with E-state index in [0.717, 1.165) is 51.7 Å². The molecular formula is C36H79N4O9+3. The number of ketones is 3. The van der Waals surface area contributed by atoms with Gasteiger partial charge in [0.15, 0.2) is 0 Å². The third-order valence-electron chi connectivity index (χ3n) is 7.30. The SMILES string of the molecule is C.C.C.C.COC(=O)CCCCC(=O)CC(COCCC(=O)CCCC[NH3+])(COCCC(=O)CCCC[NH3+])COCCC(=O)NCCC[NH3+]. The first-order valence-electron chi connectivity index (χ1n) is 16.7. The summed E-state index contributed by atoms with van der Waals surface area (Å²) in [6, 6.07) is 0. The molecular weight excluding hydrogens is 632 g/mol. The molecule has 0 saturated heterocycles. The summed E-state index contributed by atoms with van der Waals surface area (Å²) < 4.78 is 22.6. The van der Waals surface area contributed by atoms with Crippen LogP contribution in [0.3, 0.4) is 0 Å². The van der Waals surface area contributed by atoms with Gasteiger partial charge in [0.2, 0.25) is 5.91 Å². The van der Waals surface area contributed by atoms with E-state index in [1.807, 2.05) is 0 Å². The van der Waals surface area contributed by atoms with Crippen molar-refractivity contribution >= 4 is 29.2 Å². The van der Waals surface area contributed by atoms with E-state index in [9.17, 15) is 24.0 Å². The van der Waals surface area contributed by atoms with E-state index in [1.54, 1.807) is 0 Å². The number of esters is 1. The molecule has 0 atom stereocenters. The number of methoxy groups -OCH3 is 1. The Hall–Kier alpha value is -2.29. The van der Waals surface area contributed by atoms with Gasteiger partial charge in [-0.05, 0) is 38.5 Å². The summed E-state index contributed by atoms with van der Waals surface area (Å²) in [5, 5.41) is 2.83. The van der Waals surface area contributed by atoms with Crippen molar-refractivity contribution in [2.45, 2.75) is 126 Å². The van der Waals surface area contributed by atoms with Crippen LogP contribution >= 0.6 is 0 Å². The normalized spacial score (nSPS) is 10.4. The molecule has 0 bridgehead atoms. The van der Waals surface area contributed by atoms with Crippen LogP contribution in [0.2, 0.25) is 0 Å². The first-order valence-corrected chi connectivity index (χ1v) is 16.7. The molecule has 49 heavy (non-hydrogen) atoms. The Morgan fingerprint density at radius 3 is 1.39 bits per heavy atom. The Morgan fingerprint density at radius 2 is 0.939 bits per heavy atom. The van der Waals surface area contributed by atoms with Gasteiger partial charge in [0.1, 0.15) is 17.3 Å². The lowest BCUT2D eigenvalue weighted by atomic mass is 9.84. The fraction of sp³-hybridized carbons (Fsp3) is 0.861. The highest BCUT2D eigenvalue weighted by molar-refractivity contribution is 5.80. The summed E-state index contributed by atoms with van der Waals surface area (Å²) in [5.41, 5.74) is 10.5. The number of carbonyl (C=O) groups excluding carboxylic acids is 5. The topological polar surface area (TPSA) is 217 Å². The minimum atomic E-state index is -0.877. The standard InChI is InChI=1S/C32H60N4O9.4CH4/c1-42-31(41)12-3-2-11-29(39)23-32(24-43-20-13-27(37)9-4-6-16-33,25-44-21-14-28(38)10-5-7-17-34)26-45-22-15-30(40)36-19-8-18-35;;;;/h2-26,33-35H2,1H3,(H,36,40);4*1H4/p+3. The van der Waals surface area contributed by atoms with E-state index in [0.29, 0.717) is 32.2 Å². The Morgan fingerprint density at radius 1 is 0.531 bits per heavy atom. The van der Waals surface area contributed by atoms with Crippen molar-refractivity contribution in [1.29, 1.82) is 0 Å². The van der Waals surface area contributed by atoms with Crippen molar-refractivity contribution in [2.24, 2.45) is 5.41 Å². The maximum atomic E-state index is 13.2. The molecule has 0 saturated carbocycles. The molecule has 0 aromatic rings. The quantitative estimate of drug-likeness (QED) is 0.0578. The summed E-state index contributed by atoms with van der Waals surface area (Å²) >= 11 is 0. The number of amides is 1. The third kappa shape index (κ3) is 34.0. The Labute approximate surface area is 298 Å². The van der Waals surface area contributed by atoms with E-state index in [-0.39, 0.29) is 137 Å². The van der Waals surface area contributed by atoms with Gasteiger partial charge in [-0.1, -0.05) is 29.7 Å². The number of nitrogens with one attached hydrogen (secondary N) is 1. The zero-order valence-corrected chi connectivity index (χ0v) is 28.0. The molecule has 13 heteroatoms. The molecule has 0 unspecified atom stereocenters. The summed E-state index contributed by atoms with van der Waals surface area (Å²) in [6.07, 6.45) is 7.54. The van der Waals surface area contributed by atoms with Gasteiger partial charge in [0.05, 0.1) is 66.4 Å². The van der Waals surface area contributed by atoms with Crippen molar-refractivity contribution in [2.75, 3.05) is 72.9 Å². The summed E-state index contributed by atoms with van der Waals surface area (Å²) in [5.74, 6) is -0.242. The molecule has 10 N–H and O–H groups in total. The lowest BCUT2D eigenvalue weighted by molar-refractivity contribution is -0.368. The predicted molar refractivity (Wildman–Crippen MR) is 194 cm³/mol. The summed E-state index contributed by atoms with van der Waals surface area (Å²) in [4.78, 5) is 61.3. The smallest absolute Gasteiger partial charge is 0.305 e. The number of ether oxygens (including phenoxy) is 4. The van der Waals surface area contributed by atoms with Crippen LogP contribution in [-0.2, 0) is 42.9 Å². The first-order chi connectivity index (χ1) is 21.7. The Bertz CT molecular complexity index is 754. The number of hydrogen-bond acceptors (Lipinski definition) is 9. The fourth-order valence-electron chi connectivity index (χ4n) is 4.57. The Kier molecular flexibility index (Phi) is 44.1. The first kappa shape index (κ1) is 56.1. The highest BCUT2D eigenvalue weighted by Gasteiger charge is 2.34. The third-order valence-corrected chi connectivity index (χ3v) is 7.30. The molecule has 0 radical (unpaired) electrons. The molecule has 0 rings (SSSR count). The van der Waals surface area contributed by atoms with Crippen LogP contribution in [0.5, 0.6) is 0 Å². The Balaban J connectivity index is -0.00000161. The van der Waals surface area contributed by atoms with Crippen molar-refractivity contribution in [1.82, 2.24) is 5.32 Å².